The number of hydrogen-bond donors (Lipinski definition) is 0. The molecule has 0 saturated heterocycles. The molecule has 0 saturated carbocycles. The Morgan fingerprint density at radius 2 is 1.17 bits per heavy atom. The smallest absolute Gasteiger partial charge is 0.345 e. The van der Waals surface area contributed by atoms with Gasteiger partial charge in [-0.1, -0.05) is 13.8 Å². The topological polar surface area (TPSA) is 107 Å². The van der Waals surface area contributed by atoms with E-state index in [1.54, 1.807) is 0 Å². The first-order chi connectivity index (χ1) is 13.7. The summed E-state index contributed by atoms with van der Waals surface area (Å²) in [6.45, 7) is 5.13. The van der Waals surface area contributed by atoms with Gasteiger partial charge in [-0.25, -0.2) is 9.59 Å². The van der Waals surface area contributed by atoms with Crippen LogP contribution in [-0.2, 0) is 19.0 Å². The lowest BCUT2D eigenvalue weighted by Gasteiger charge is -2.27. The van der Waals surface area contributed by atoms with E-state index in [9.17, 15) is 14.4 Å². The molecule has 0 bridgehead atoms. The first-order valence-electron chi connectivity index (χ1n) is 8.87. The Hall–Kier alpha value is -2.97. The second-order valence-electron chi connectivity index (χ2n) is 6.47. The van der Waals surface area contributed by atoms with Crippen molar-refractivity contribution in [3.05, 3.63) is 16.7 Å². The van der Waals surface area contributed by atoms with Gasteiger partial charge in [0.05, 0.1) is 41.1 Å². The summed E-state index contributed by atoms with van der Waals surface area (Å²) in [5, 5.41) is 0. The van der Waals surface area contributed by atoms with Crippen molar-refractivity contribution < 1.29 is 42.8 Å². The first kappa shape index (κ1) is 24.1. The molecule has 0 fully saturated rings. The van der Waals surface area contributed by atoms with Gasteiger partial charge in [-0.3, -0.25) is 4.79 Å². The van der Waals surface area contributed by atoms with Crippen molar-refractivity contribution in [3.63, 3.8) is 0 Å². The molecule has 0 aromatic heterocycles. The molecule has 1 aromatic rings. The number of carbonyl (C=O) groups is 3. The van der Waals surface area contributed by atoms with Crippen LogP contribution in [0, 0.1) is 5.92 Å². The lowest BCUT2D eigenvalue weighted by atomic mass is 9.92. The SMILES string of the molecule is COC(=O)c1c(OC)c(C(=O)OC)c(OC)c(C(CC(C)C)OC(C)=O)c1OC. The Kier molecular flexibility index (Phi) is 8.75. The molecule has 9 heteroatoms. The van der Waals surface area contributed by atoms with E-state index < -0.39 is 24.0 Å². The minimum absolute atomic E-state index is 0.0186. The predicted molar refractivity (Wildman–Crippen MR) is 103 cm³/mol. The van der Waals surface area contributed by atoms with Gasteiger partial charge < -0.3 is 28.4 Å². The highest BCUT2D eigenvalue weighted by Gasteiger charge is 2.38. The zero-order valence-corrected chi connectivity index (χ0v) is 18.0. The van der Waals surface area contributed by atoms with Gasteiger partial charge in [-0.15, -0.1) is 0 Å². The molecule has 1 unspecified atom stereocenters. The van der Waals surface area contributed by atoms with Gasteiger partial charge in [-0.05, 0) is 12.3 Å². The molecular formula is C20H28O9. The molecule has 0 aliphatic rings. The van der Waals surface area contributed by atoms with Gasteiger partial charge in [0.15, 0.2) is 5.75 Å². The van der Waals surface area contributed by atoms with Crippen LogP contribution in [0.15, 0.2) is 0 Å². The number of hydrogen-bond acceptors (Lipinski definition) is 9. The third-order valence-corrected chi connectivity index (χ3v) is 4.10. The van der Waals surface area contributed by atoms with Crippen LogP contribution < -0.4 is 14.2 Å². The minimum atomic E-state index is -0.866. The molecule has 0 heterocycles. The second kappa shape index (κ2) is 10.5. The van der Waals surface area contributed by atoms with E-state index in [1.165, 1.54) is 42.5 Å². The van der Waals surface area contributed by atoms with Crippen molar-refractivity contribution in [1.82, 2.24) is 0 Å². The number of esters is 3. The van der Waals surface area contributed by atoms with Gasteiger partial charge in [0.2, 0.25) is 0 Å². The highest BCUT2D eigenvalue weighted by atomic mass is 16.6. The number of methoxy groups -OCH3 is 5. The lowest BCUT2D eigenvalue weighted by molar-refractivity contribution is -0.147. The van der Waals surface area contributed by atoms with E-state index >= 15 is 0 Å². The number of benzene rings is 1. The van der Waals surface area contributed by atoms with E-state index in [0.717, 1.165) is 0 Å². The van der Waals surface area contributed by atoms with Gasteiger partial charge in [0.25, 0.3) is 0 Å². The number of ether oxygens (including phenoxy) is 6. The van der Waals surface area contributed by atoms with Crippen molar-refractivity contribution in [1.29, 1.82) is 0 Å². The van der Waals surface area contributed by atoms with E-state index in [2.05, 4.69) is 0 Å². The van der Waals surface area contributed by atoms with Crippen LogP contribution in [0.3, 0.4) is 0 Å². The Morgan fingerprint density at radius 1 is 0.759 bits per heavy atom. The fraction of sp³-hybridized carbons (Fsp3) is 0.550. The van der Waals surface area contributed by atoms with E-state index in [-0.39, 0.29) is 39.9 Å². The van der Waals surface area contributed by atoms with Gasteiger partial charge in [0.1, 0.15) is 28.7 Å². The van der Waals surface area contributed by atoms with E-state index in [4.69, 9.17) is 28.4 Å². The lowest BCUT2D eigenvalue weighted by Crippen LogP contribution is -2.20. The molecule has 29 heavy (non-hydrogen) atoms. The highest BCUT2D eigenvalue weighted by molar-refractivity contribution is 6.05. The Bertz CT molecular complexity index is 723. The molecule has 0 spiro atoms. The molecule has 0 amide bonds. The summed E-state index contributed by atoms with van der Waals surface area (Å²) >= 11 is 0. The molecule has 9 nitrogen and oxygen atoms in total. The fourth-order valence-corrected chi connectivity index (χ4v) is 3.05. The minimum Gasteiger partial charge on any atom is -0.495 e. The predicted octanol–water partition coefficient (Wildman–Crippen LogP) is 2.94. The first-order valence-corrected chi connectivity index (χ1v) is 8.87. The van der Waals surface area contributed by atoms with Crippen molar-refractivity contribution in [3.8, 4) is 17.2 Å². The molecular weight excluding hydrogens is 384 g/mol. The van der Waals surface area contributed by atoms with E-state index in [0.29, 0.717) is 6.42 Å². The Balaban J connectivity index is 4.14. The van der Waals surface area contributed by atoms with Crippen LogP contribution in [0.4, 0.5) is 0 Å². The molecule has 0 N–H and O–H groups in total. The summed E-state index contributed by atoms with van der Waals surface area (Å²) in [5.74, 6) is -2.16. The summed E-state index contributed by atoms with van der Waals surface area (Å²) in [6.07, 6.45) is -0.491. The molecule has 1 rings (SSSR count). The summed E-state index contributed by atoms with van der Waals surface area (Å²) in [7, 11) is 6.32. The molecule has 0 aliphatic carbocycles. The van der Waals surface area contributed by atoms with Gasteiger partial charge in [-0.2, -0.15) is 0 Å². The highest BCUT2D eigenvalue weighted by Crippen LogP contribution is 2.49. The summed E-state index contributed by atoms with van der Waals surface area (Å²) < 4.78 is 31.5. The molecule has 0 aliphatic heterocycles. The van der Waals surface area contributed by atoms with Crippen LogP contribution in [0.1, 0.15) is 59.6 Å². The van der Waals surface area contributed by atoms with Crippen molar-refractivity contribution >= 4 is 17.9 Å². The number of carbonyl (C=O) groups excluding carboxylic acids is 3. The standard InChI is InChI=1S/C20H28O9/c1-10(2)9-12(29-11(3)21)13-16(24-4)14(19(22)27-7)18(26-6)15(17(13)25-5)20(23)28-8/h10,12H,9H2,1-8H3. The maximum absolute atomic E-state index is 12.6. The average Bonchev–Trinajstić information content (AvgIpc) is 2.68. The van der Waals surface area contributed by atoms with Crippen molar-refractivity contribution in [2.75, 3.05) is 35.5 Å². The normalized spacial score (nSPS) is 11.5. The van der Waals surface area contributed by atoms with Crippen LogP contribution >= 0.6 is 0 Å². The summed E-state index contributed by atoms with van der Waals surface area (Å²) in [5.41, 5.74) is -0.0790. The van der Waals surface area contributed by atoms with Crippen LogP contribution in [0.25, 0.3) is 0 Å². The summed E-state index contributed by atoms with van der Waals surface area (Å²) in [6, 6.07) is 0. The second-order valence-corrected chi connectivity index (χ2v) is 6.47. The maximum Gasteiger partial charge on any atom is 0.345 e. The largest absolute Gasteiger partial charge is 0.495 e. The van der Waals surface area contributed by atoms with E-state index in [1.807, 2.05) is 13.8 Å². The number of rotatable bonds is 9. The Morgan fingerprint density at radius 3 is 1.45 bits per heavy atom. The Labute approximate surface area is 170 Å². The summed E-state index contributed by atoms with van der Waals surface area (Å²) in [4.78, 5) is 36.9. The third kappa shape index (κ3) is 5.10. The third-order valence-electron chi connectivity index (χ3n) is 4.10. The van der Waals surface area contributed by atoms with Crippen LogP contribution in [0.5, 0.6) is 17.2 Å². The quantitative estimate of drug-likeness (QED) is 0.447. The van der Waals surface area contributed by atoms with Crippen molar-refractivity contribution in [2.24, 2.45) is 5.92 Å². The van der Waals surface area contributed by atoms with Gasteiger partial charge in [0, 0.05) is 6.92 Å². The zero-order chi connectivity index (χ0) is 22.3. The monoisotopic (exact) mass is 412 g/mol. The zero-order valence-electron chi connectivity index (χ0n) is 18.0. The van der Waals surface area contributed by atoms with Crippen LogP contribution in [-0.4, -0.2) is 53.5 Å². The molecule has 162 valence electrons. The van der Waals surface area contributed by atoms with Crippen molar-refractivity contribution in [2.45, 2.75) is 33.3 Å². The molecule has 0 radical (unpaired) electrons. The molecule has 1 aromatic carbocycles. The van der Waals surface area contributed by atoms with Gasteiger partial charge >= 0.3 is 17.9 Å². The molecule has 1 atom stereocenters. The average molecular weight is 412 g/mol. The van der Waals surface area contributed by atoms with Crippen LogP contribution in [0.2, 0.25) is 0 Å². The maximum atomic E-state index is 12.6. The fourth-order valence-electron chi connectivity index (χ4n) is 3.05.